The van der Waals surface area contributed by atoms with Crippen LogP contribution in [0.2, 0.25) is 0 Å². The largest absolute Gasteiger partial charge is 0.313 e. The maximum Gasteiger partial charge on any atom is 0.248 e. The van der Waals surface area contributed by atoms with E-state index in [-0.39, 0.29) is 28.4 Å². The summed E-state index contributed by atoms with van der Waals surface area (Å²) in [6.07, 6.45) is 0. The number of fused-ring (bicyclic) bond motifs is 3. The standard InChI is InChI=1S/C60H68BN3/c1-39-53-54(60(14,15)55(39)62(44-22-18-16-19-23-44)45-24-20-17-21-25-45)61-48-36-42(58(8,9)10)30-35-49(48)63(46-31-26-40(27-32-46)56(2,3)4)50-37-43(59(11,12)13)38-51(52(50)61)64(53)47-33-28-41(29-34-47)57(5,6)7/h16-38H,1-15H3. The zero-order valence-electron chi connectivity index (χ0n) is 41.2. The highest BCUT2D eigenvalue weighted by molar-refractivity contribution is 6.95. The molecule has 0 bridgehead atoms. The van der Waals surface area contributed by atoms with Crippen LogP contribution in [0.15, 0.2) is 162 Å². The lowest BCUT2D eigenvalue weighted by molar-refractivity contribution is 0.559. The van der Waals surface area contributed by atoms with Gasteiger partial charge in [-0.1, -0.05) is 175 Å². The van der Waals surface area contributed by atoms with E-state index in [2.05, 4.69) is 258 Å². The summed E-state index contributed by atoms with van der Waals surface area (Å²) >= 11 is 0. The summed E-state index contributed by atoms with van der Waals surface area (Å²) in [7, 11) is 0. The number of hydrogen-bond acceptors (Lipinski definition) is 3. The van der Waals surface area contributed by atoms with Crippen LogP contribution in [0, 0.1) is 5.41 Å². The molecule has 0 radical (unpaired) electrons. The Morgan fingerprint density at radius 3 is 1.33 bits per heavy atom. The first-order valence-corrected chi connectivity index (χ1v) is 23.5. The highest BCUT2D eigenvalue weighted by Crippen LogP contribution is 2.58. The first kappa shape index (κ1) is 43.5. The molecule has 1 aliphatic carbocycles. The number of hydrogen-bond donors (Lipinski definition) is 0. The van der Waals surface area contributed by atoms with Gasteiger partial charge in [-0.2, -0.15) is 0 Å². The monoisotopic (exact) mass is 842 g/mol. The molecule has 64 heavy (non-hydrogen) atoms. The summed E-state index contributed by atoms with van der Waals surface area (Å²) in [5, 5.41) is 0. The molecule has 0 atom stereocenters. The summed E-state index contributed by atoms with van der Waals surface area (Å²) in [6.45, 7) is 35.4. The number of para-hydroxylation sites is 2. The van der Waals surface area contributed by atoms with Crippen LogP contribution in [0.1, 0.15) is 126 Å². The summed E-state index contributed by atoms with van der Waals surface area (Å²) in [5.41, 5.74) is 21.5. The fourth-order valence-corrected chi connectivity index (χ4v) is 10.7. The molecule has 6 aromatic rings. The van der Waals surface area contributed by atoms with Gasteiger partial charge < -0.3 is 14.7 Å². The molecule has 0 aromatic heterocycles. The van der Waals surface area contributed by atoms with Crippen molar-refractivity contribution in [2.75, 3.05) is 14.7 Å². The fraction of sp³-hybridized carbons (Fsp3) is 0.333. The van der Waals surface area contributed by atoms with E-state index in [0.717, 1.165) is 11.4 Å². The van der Waals surface area contributed by atoms with Crippen molar-refractivity contribution in [3.8, 4) is 0 Å². The summed E-state index contributed by atoms with van der Waals surface area (Å²) in [4.78, 5) is 7.79. The van der Waals surface area contributed by atoms with Gasteiger partial charge in [-0.25, -0.2) is 0 Å². The SMILES string of the molecule is CC1=C(N(c2ccccc2)c2ccccc2)C(C)(C)C2=C1N(c1ccc(C(C)(C)C)cc1)c1cc(C(C)(C)C)cc3c1B2c1cc(C(C)(C)C)ccc1N3c1ccc(C(C)(C)C)cc1. The van der Waals surface area contributed by atoms with Gasteiger partial charge in [-0.3, -0.25) is 0 Å². The van der Waals surface area contributed by atoms with E-state index < -0.39 is 5.41 Å². The maximum atomic E-state index is 2.66. The summed E-state index contributed by atoms with van der Waals surface area (Å²) < 4.78 is 0. The minimum atomic E-state index is -0.400. The Labute approximate surface area is 385 Å². The smallest absolute Gasteiger partial charge is 0.248 e. The van der Waals surface area contributed by atoms with E-state index >= 15 is 0 Å². The van der Waals surface area contributed by atoms with Crippen LogP contribution < -0.4 is 25.6 Å². The lowest BCUT2D eigenvalue weighted by atomic mass is 9.30. The molecule has 3 aliphatic rings. The molecule has 0 saturated heterocycles. The average molecular weight is 842 g/mol. The van der Waals surface area contributed by atoms with Crippen molar-refractivity contribution in [2.24, 2.45) is 5.41 Å². The van der Waals surface area contributed by atoms with E-state index in [1.54, 1.807) is 0 Å². The van der Waals surface area contributed by atoms with Gasteiger partial charge in [0.25, 0.3) is 0 Å². The van der Waals surface area contributed by atoms with Crippen molar-refractivity contribution in [1.82, 2.24) is 0 Å². The molecular weight excluding hydrogens is 773 g/mol. The zero-order chi connectivity index (χ0) is 45.9. The molecule has 0 N–H and O–H groups in total. The van der Waals surface area contributed by atoms with Crippen LogP contribution >= 0.6 is 0 Å². The lowest BCUT2D eigenvalue weighted by Gasteiger charge is -2.47. The quantitative estimate of drug-likeness (QED) is 0.160. The first-order valence-electron chi connectivity index (χ1n) is 23.5. The van der Waals surface area contributed by atoms with Gasteiger partial charge in [0.15, 0.2) is 0 Å². The predicted octanol–water partition coefficient (Wildman–Crippen LogP) is 15.4. The molecular formula is C60H68BN3. The summed E-state index contributed by atoms with van der Waals surface area (Å²) in [6, 6.07) is 53.3. The number of allylic oxidation sites excluding steroid dienone is 2. The third-order valence-electron chi connectivity index (χ3n) is 14.2. The second kappa shape index (κ2) is 14.9. The van der Waals surface area contributed by atoms with Crippen molar-refractivity contribution in [2.45, 2.75) is 126 Å². The second-order valence-corrected chi connectivity index (χ2v) is 23.3. The van der Waals surface area contributed by atoms with Gasteiger partial charge in [0.05, 0.1) is 0 Å². The van der Waals surface area contributed by atoms with Crippen molar-refractivity contribution < 1.29 is 0 Å². The topological polar surface area (TPSA) is 9.72 Å². The van der Waals surface area contributed by atoms with Crippen molar-refractivity contribution in [3.05, 3.63) is 184 Å². The molecule has 2 heterocycles. The second-order valence-electron chi connectivity index (χ2n) is 23.3. The predicted molar refractivity (Wildman–Crippen MR) is 278 cm³/mol. The van der Waals surface area contributed by atoms with Crippen LogP contribution in [-0.2, 0) is 21.7 Å². The Hall–Kier alpha value is -5.74. The highest BCUT2D eigenvalue weighted by Gasteiger charge is 2.55. The van der Waals surface area contributed by atoms with Crippen LogP contribution in [-0.4, -0.2) is 6.71 Å². The van der Waals surface area contributed by atoms with E-state index in [0.29, 0.717) is 0 Å². The Bertz CT molecular complexity index is 2780. The molecule has 0 saturated carbocycles. The number of anilines is 7. The number of rotatable bonds is 5. The Balaban J connectivity index is 1.42. The fourth-order valence-electron chi connectivity index (χ4n) is 10.7. The maximum absolute atomic E-state index is 2.66. The molecule has 0 amide bonds. The van der Waals surface area contributed by atoms with Crippen LogP contribution in [0.5, 0.6) is 0 Å². The normalized spacial score (nSPS) is 16.0. The van der Waals surface area contributed by atoms with Crippen molar-refractivity contribution in [1.29, 1.82) is 0 Å². The van der Waals surface area contributed by atoms with Crippen LogP contribution in [0.25, 0.3) is 0 Å². The average Bonchev–Trinajstić information content (AvgIpc) is 3.43. The Morgan fingerprint density at radius 1 is 0.453 bits per heavy atom. The van der Waals surface area contributed by atoms with Crippen LogP contribution in [0.4, 0.5) is 39.8 Å². The molecule has 3 nitrogen and oxygen atoms in total. The minimum absolute atomic E-state index is 0.00244. The van der Waals surface area contributed by atoms with Gasteiger partial charge >= 0.3 is 0 Å². The third-order valence-corrected chi connectivity index (χ3v) is 14.2. The molecule has 9 rings (SSSR count). The molecule has 6 aromatic carbocycles. The highest BCUT2D eigenvalue weighted by atomic mass is 15.2. The molecule has 0 fully saturated rings. The van der Waals surface area contributed by atoms with Crippen molar-refractivity contribution in [3.63, 3.8) is 0 Å². The van der Waals surface area contributed by atoms with E-state index in [4.69, 9.17) is 0 Å². The van der Waals surface area contributed by atoms with Gasteiger partial charge in [0, 0.05) is 56.6 Å². The third kappa shape index (κ3) is 7.13. The van der Waals surface area contributed by atoms with Crippen molar-refractivity contribution >= 4 is 57.5 Å². The molecule has 0 unspecified atom stereocenters. The zero-order valence-corrected chi connectivity index (χ0v) is 41.2. The van der Waals surface area contributed by atoms with E-state index in [1.807, 2.05) is 0 Å². The number of nitrogens with zero attached hydrogens (tertiary/aromatic N) is 3. The Morgan fingerprint density at radius 2 is 0.875 bits per heavy atom. The minimum Gasteiger partial charge on any atom is -0.313 e. The molecule has 4 heteroatoms. The van der Waals surface area contributed by atoms with E-state index in [1.165, 1.54) is 84.1 Å². The first-order chi connectivity index (χ1) is 30.0. The van der Waals surface area contributed by atoms with E-state index in [9.17, 15) is 0 Å². The van der Waals surface area contributed by atoms with Gasteiger partial charge in [0.1, 0.15) is 0 Å². The van der Waals surface area contributed by atoms with Crippen LogP contribution in [0.3, 0.4) is 0 Å². The molecule has 0 spiro atoms. The summed E-state index contributed by atoms with van der Waals surface area (Å²) in [5.74, 6) is 0. The number of benzene rings is 6. The van der Waals surface area contributed by atoms with Gasteiger partial charge in [-0.15, -0.1) is 0 Å². The van der Waals surface area contributed by atoms with Gasteiger partial charge in [0.2, 0.25) is 6.71 Å². The molecule has 326 valence electrons. The van der Waals surface area contributed by atoms with Gasteiger partial charge in [-0.05, 0) is 134 Å². The molecule has 2 aliphatic heterocycles. The lowest BCUT2D eigenvalue weighted by Crippen LogP contribution is -2.58. The Kier molecular flexibility index (Phi) is 10.1.